The molecule has 1 fully saturated rings. The number of hydrogen-bond donors (Lipinski definition) is 0. The summed E-state index contributed by atoms with van der Waals surface area (Å²) < 4.78 is 29.8. The molecule has 0 amide bonds. The molecule has 0 aliphatic heterocycles. The van der Waals surface area contributed by atoms with Crippen LogP contribution < -0.4 is 0 Å². The maximum atomic E-state index is 12.2. The Labute approximate surface area is 120 Å². The van der Waals surface area contributed by atoms with Gasteiger partial charge in [0.15, 0.2) is 0 Å². The molecular formula is C16H20O3S. The fraction of sp³-hybridized carbons (Fsp3) is 0.500. The van der Waals surface area contributed by atoms with Crippen LogP contribution >= 0.6 is 0 Å². The van der Waals surface area contributed by atoms with Crippen molar-refractivity contribution in [2.45, 2.75) is 32.4 Å². The van der Waals surface area contributed by atoms with Gasteiger partial charge >= 0.3 is 10.1 Å². The summed E-state index contributed by atoms with van der Waals surface area (Å²) in [7, 11) is -3.56. The Kier molecular flexibility index (Phi) is 3.16. The van der Waals surface area contributed by atoms with Crippen molar-refractivity contribution in [2.24, 2.45) is 17.3 Å². The molecule has 2 bridgehead atoms. The van der Waals surface area contributed by atoms with Crippen LogP contribution in [0.15, 0.2) is 42.2 Å². The molecule has 108 valence electrons. The normalized spacial score (nSPS) is 27.4. The largest absolute Gasteiger partial charge is 0.387 e. The van der Waals surface area contributed by atoms with E-state index in [-0.39, 0.29) is 17.1 Å². The molecule has 3 nitrogen and oxygen atoms in total. The molecule has 0 unspecified atom stereocenters. The van der Waals surface area contributed by atoms with Crippen molar-refractivity contribution in [1.29, 1.82) is 0 Å². The molecule has 1 aromatic carbocycles. The maximum absolute atomic E-state index is 12.2. The van der Waals surface area contributed by atoms with E-state index in [1.54, 1.807) is 12.1 Å². The highest BCUT2D eigenvalue weighted by atomic mass is 32.2. The zero-order valence-corrected chi connectivity index (χ0v) is 12.7. The first-order valence-electron chi connectivity index (χ1n) is 7.04. The van der Waals surface area contributed by atoms with Crippen molar-refractivity contribution in [1.82, 2.24) is 0 Å². The van der Waals surface area contributed by atoms with Crippen molar-refractivity contribution in [3.63, 3.8) is 0 Å². The molecule has 1 aromatic rings. The van der Waals surface area contributed by atoms with E-state index in [1.807, 2.05) is 24.3 Å². The summed E-state index contributed by atoms with van der Waals surface area (Å²) >= 11 is 0. The molecule has 2 atom stereocenters. The molecule has 3 aliphatic rings. The van der Waals surface area contributed by atoms with Gasteiger partial charge in [0, 0.05) is 5.92 Å². The molecule has 0 spiro atoms. The number of allylic oxidation sites excluding steroid dienone is 2. The van der Waals surface area contributed by atoms with Crippen molar-refractivity contribution in [2.75, 3.05) is 0 Å². The predicted molar refractivity (Wildman–Crippen MR) is 78.2 cm³/mol. The van der Waals surface area contributed by atoms with Gasteiger partial charge in [-0.15, -0.1) is 0 Å². The fourth-order valence-corrected chi connectivity index (χ4v) is 4.48. The Hall–Kier alpha value is -1.29. The van der Waals surface area contributed by atoms with E-state index in [9.17, 15) is 8.42 Å². The number of fused-ring (bicyclic) bond motifs is 1. The smallest absolute Gasteiger partial charge is 0.313 e. The van der Waals surface area contributed by atoms with E-state index in [0.717, 1.165) is 18.4 Å². The first-order valence-corrected chi connectivity index (χ1v) is 8.62. The summed E-state index contributed by atoms with van der Waals surface area (Å²) in [6.45, 7) is 4.40. The van der Waals surface area contributed by atoms with Gasteiger partial charge in [0.05, 0.1) is 0 Å². The molecule has 0 aromatic heterocycles. The molecule has 4 heteroatoms. The van der Waals surface area contributed by atoms with E-state index in [2.05, 4.69) is 13.8 Å². The van der Waals surface area contributed by atoms with Gasteiger partial charge in [0.2, 0.25) is 0 Å². The van der Waals surface area contributed by atoms with Crippen LogP contribution in [0.1, 0.15) is 32.3 Å². The number of rotatable bonds is 4. The maximum Gasteiger partial charge on any atom is 0.313 e. The van der Waals surface area contributed by atoms with Crippen LogP contribution in [0.4, 0.5) is 0 Å². The second-order valence-corrected chi connectivity index (χ2v) is 7.99. The average molecular weight is 292 g/mol. The zero-order chi connectivity index (χ0) is 14.4. The van der Waals surface area contributed by atoms with E-state index >= 15 is 0 Å². The lowest BCUT2D eigenvalue weighted by molar-refractivity contribution is -0.0281. The molecule has 0 N–H and O–H groups in total. The van der Waals surface area contributed by atoms with Gasteiger partial charge in [0.25, 0.3) is 0 Å². The van der Waals surface area contributed by atoms with E-state index < -0.39 is 10.1 Å². The van der Waals surface area contributed by atoms with Crippen molar-refractivity contribution in [3.05, 3.63) is 47.7 Å². The fourth-order valence-electron chi connectivity index (χ4n) is 3.35. The van der Waals surface area contributed by atoms with Crippen LogP contribution in [-0.4, -0.2) is 8.42 Å². The predicted octanol–water partition coefficient (Wildman–Crippen LogP) is 3.48. The van der Waals surface area contributed by atoms with Crippen molar-refractivity contribution >= 4 is 10.1 Å². The van der Waals surface area contributed by atoms with Gasteiger partial charge in [-0.25, -0.2) is 0 Å². The Morgan fingerprint density at radius 1 is 1.25 bits per heavy atom. The quantitative estimate of drug-likeness (QED) is 0.798. The summed E-state index contributed by atoms with van der Waals surface area (Å²) in [5.74, 6) is 1.53. The van der Waals surface area contributed by atoms with Crippen molar-refractivity contribution < 1.29 is 12.6 Å². The van der Waals surface area contributed by atoms with E-state index in [1.165, 1.54) is 0 Å². The Morgan fingerprint density at radius 3 is 2.55 bits per heavy atom. The molecule has 20 heavy (non-hydrogen) atoms. The van der Waals surface area contributed by atoms with Crippen LogP contribution in [0, 0.1) is 17.3 Å². The van der Waals surface area contributed by atoms with Gasteiger partial charge in [-0.05, 0) is 35.8 Å². The summed E-state index contributed by atoms with van der Waals surface area (Å²) in [4.78, 5) is 0. The SMILES string of the molecule is CC1(C)[C@H]2CC=C(OS(=O)(=O)Cc3ccccc3)[C@@H]1C2. The third-order valence-corrected chi connectivity index (χ3v) is 5.96. The molecular weight excluding hydrogens is 272 g/mol. The van der Waals surface area contributed by atoms with Crippen LogP contribution in [0.25, 0.3) is 0 Å². The minimum atomic E-state index is -3.56. The number of benzene rings is 1. The van der Waals surface area contributed by atoms with Gasteiger partial charge in [-0.3, -0.25) is 0 Å². The van der Waals surface area contributed by atoms with Gasteiger partial charge < -0.3 is 4.18 Å². The Balaban J connectivity index is 1.73. The summed E-state index contributed by atoms with van der Waals surface area (Å²) in [6.07, 6.45) is 3.95. The topological polar surface area (TPSA) is 43.4 Å². The monoisotopic (exact) mass is 292 g/mol. The van der Waals surface area contributed by atoms with E-state index in [4.69, 9.17) is 4.18 Å². The van der Waals surface area contributed by atoms with Gasteiger partial charge in [-0.1, -0.05) is 44.2 Å². The summed E-state index contributed by atoms with van der Waals surface area (Å²) in [5.41, 5.74) is 0.932. The third kappa shape index (κ3) is 2.37. The van der Waals surface area contributed by atoms with E-state index in [0.29, 0.717) is 11.7 Å². The third-order valence-electron chi connectivity index (χ3n) is 4.83. The van der Waals surface area contributed by atoms with Crippen LogP contribution in [-0.2, 0) is 20.1 Å². The minimum Gasteiger partial charge on any atom is -0.387 e. The van der Waals surface area contributed by atoms with Gasteiger partial charge in [0.1, 0.15) is 11.5 Å². The highest BCUT2D eigenvalue weighted by Gasteiger charge is 2.53. The lowest BCUT2D eigenvalue weighted by Crippen LogP contribution is -2.48. The Morgan fingerprint density at radius 2 is 1.95 bits per heavy atom. The summed E-state index contributed by atoms with van der Waals surface area (Å²) in [5, 5.41) is 0. The average Bonchev–Trinajstić information content (AvgIpc) is 2.38. The van der Waals surface area contributed by atoms with Gasteiger partial charge in [-0.2, -0.15) is 8.42 Å². The molecule has 0 saturated heterocycles. The minimum absolute atomic E-state index is 0.0677. The molecule has 0 heterocycles. The second kappa shape index (κ2) is 4.62. The molecule has 0 radical (unpaired) electrons. The van der Waals surface area contributed by atoms with Crippen LogP contribution in [0.3, 0.4) is 0 Å². The molecule has 1 saturated carbocycles. The number of hydrogen-bond acceptors (Lipinski definition) is 3. The zero-order valence-electron chi connectivity index (χ0n) is 11.9. The first-order chi connectivity index (χ1) is 9.38. The van der Waals surface area contributed by atoms with Crippen LogP contribution in [0.5, 0.6) is 0 Å². The lowest BCUT2D eigenvalue weighted by Gasteiger charge is -2.55. The van der Waals surface area contributed by atoms with Crippen molar-refractivity contribution in [3.8, 4) is 0 Å². The van der Waals surface area contributed by atoms with Crippen LogP contribution in [0.2, 0.25) is 0 Å². The highest BCUT2D eigenvalue weighted by molar-refractivity contribution is 7.86. The lowest BCUT2D eigenvalue weighted by atomic mass is 9.50. The second-order valence-electron chi connectivity index (χ2n) is 6.42. The highest BCUT2D eigenvalue weighted by Crippen LogP contribution is 2.59. The Bertz CT molecular complexity index is 629. The first kappa shape index (κ1) is 13.7. The molecule has 3 aliphatic carbocycles. The summed E-state index contributed by atoms with van der Waals surface area (Å²) in [6, 6.07) is 9.16. The molecule has 4 rings (SSSR count). The standard InChI is InChI=1S/C16H20O3S/c1-16(2)13-8-9-15(14(16)10-13)19-20(17,18)11-12-6-4-3-5-7-12/h3-7,9,13-14H,8,10-11H2,1-2H3/t13-,14-/m0/s1.